The number of tetrazole rings is 1. The first-order valence-electron chi connectivity index (χ1n) is 8.64. The van der Waals surface area contributed by atoms with Crippen LogP contribution in [0.4, 0.5) is 0 Å². The van der Waals surface area contributed by atoms with Gasteiger partial charge in [0.2, 0.25) is 0 Å². The molecule has 7 heteroatoms. The molecule has 1 aromatic carbocycles. The molecule has 2 fully saturated rings. The third-order valence-electron chi connectivity index (χ3n) is 4.82. The minimum atomic E-state index is 0.117. The van der Waals surface area contributed by atoms with Gasteiger partial charge in [-0.2, -0.15) is 0 Å². The Kier molecular flexibility index (Phi) is 4.25. The first kappa shape index (κ1) is 15.3. The van der Waals surface area contributed by atoms with Crippen LogP contribution >= 0.6 is 0 Å². The summed E-state index contributed by atoms with van der Waals surface area (Å²) in [6, 6.07) is 7.46. The van der Waals surface area contributed by atoms with Crippen molar-refractivity contribution in [1.82, 2.24) is 30.0 Å². The van der Waals surface area contributed by atoms with E-state index in [0.717, 1.165) is 49.8 Å². The molecule has 2 aromatic rings. The molecular weight excluding hydrogens is 304 g/mol. The fourth-order valence-corrected chi connectivity index (χ4v) is 3.24. The molecule has 2 heterocycles. The predicted molar refractivity (Wildman–Crippen MR) is 88.8 cm³/mol. The molecule has 126 valence electrons. The second-order valence-corrected chi connectivity index (χ2v) is 6.69. The molecular formula is C17H22N6O. The lowest BCUT2D eigenvalue weighted by Crippen LogP contribution is -2.35. The van der Waals surface area contributed by atoms with Gasteiger partial charge in [-0.15, -0.1) is 5.10 Å². The van der Waals surface area contributed by atoms with Gasteiger partial charge >= 0.3 is 0 Å². The maximum absolute atomic E-state index is 12.8. The van der Waals surface area contributed by atoms with E-state index in [1.807, 2.05) is 29.2 Å². The minimum absolute atomic E-state index is 0.117. The van der Waals surface area contributed by atoms with Gasteiger partial charge in [-0.25, -0.2) is 4.68 Å². The molecule has 0 N–H and O–H groups in total. The Morgan fingerprint density at radius 2 is 1.92 bits per heavy atom. The van der Waals surface area contributed by atoms with Gasteiger partial charge in [-0.3, -0.25) is 4.79 Å². The predicted octanol–water partition coefficient (Wildman–Crippen LogP) is 1.22. The molecule has 1 saturated heterocycles. The molecule has 1 amide bonds. The van der Waals surface area contributed by atoms with Crippen LogP contribution in [0.5, 0.6) is 0 Å². The summed E-state index contributed by atoms with van der Waals surface area (Å²) in [4.78, 5) is 17.3. The number of nitrogens with zero attached hydrogens (tertiary/aromatic N) is 6. The Bertz CT molecular complexity index is 680. The van der Waals surface area contributed by atoms with Crippen molar-refractivity contribution in [2.24, 2.45) is 5.92 Å². The smallest absolute Gasteiger partial charge is 0.253 e. The monoisotopic (exact) mass is 326 g/mol. The number of carbonyl (C=O) groups excluding carboxylic acids is 1. The lowest BCUT2D eigenvalue weighted by Gasteiger charge is -2.22. The molecule has 7 nitrogen and oxygen atoms in total. The highest BCUT2D eigenvalue weighted by atomic mass is 16.2. The van der Waals surface area contributed by atoms with Gasteiger partial charge in [0.25, 0.3) is 5.91 Å². The Hall–Kier alpha value is -2.28. The van der Waals surface area contributed by atoms with E-state index in [2.05, 4.69) is 20.4 Å². The maximum Gasteiger partial charge on any atom is 0.253 e. The van der Waals surface area contributed by atoms with Crippen molar-refractivity contribution in [1.29, 1.82) is 0 Å². The third-order valence-corrected chi connectivity index (χ3v) is 4.82. The SMILES string of the molecule is O=C(c1ccc(-n2cnnn2)cc1)N1CCCN(CC2CC2)CC1. The van der Waals surface area contributed by atoms with E-state index in [1.165, 1.54) is 19.4 Å². The molecule has 0 spiro atoms. The number of amides is 1. The summed E-state index contributed by atoms with van der Waals surface area (Å²) in [7, 11) is 0. The fraction of sp³-hybridized carbons (Fsp3) is 0.529. The summed E-state index contributed by atoms with van der Waals surface area (Å²) in [6.07, 6.45) is 5.36. The average Bonchev–Trinajstić information content (AvgIpc) is 3.32. The fourth-order valence-electron chi connectivity index (χ4n) is 3.24. The molecule has 1 aromatic heterocycles. The molecule has 1 aliphatic carbocycles. The van der Waals surface area contributed by atoms with Crippen molar-refractivity contribution in [3.8, 4) is 5.69 Å². The van der Waals surface area contributed by atoms with Crippen molar-refractivity contribution in [3.05, 3.63) is 36.2 Å². The number of aromatic nitrogens is 4. The summed E-state index contributed by atoms with van der Waals surface area (Å²) >= 11 is 0. The van der Waals surface area contributed by atoms with E-state index in [-0.39, 0.29) is 5.91 Å². The van der Waals surface area contributed by atoms with E-state index in [4.69, 9.17) is 0 Å². The van der Waals surface area contributed by atoms with Crippen LogP contribution in [0.25, 0.3) is 5.69 Å². The minimum Gasteiger partial charge on any atom is -0.337 e. The van der Waals surface area contributed by atoms with Crippen molar-refractivity contribution in [2.45, 2.75) is 19.3 Å². The highest BCUT2D eigenvalue weighted by molar-refractivity contribution is 5.94. The zero-order valence-corrected chi connectivity index (χ0v) is 13.7. The van der Waals surface area contributed by atoms with Gasteiger partial charge in [0.1, 0.15) is 6.33 Å². The van der Waals surface area contributed by atoms with Gasteiger partial charge in [0, 0.05) is 31.7 Å². The lowest BCUT2D eigenvalue weighted by molar-refractivity contribution is 0.0761. The van der Waals surface area contributed by atoms with Crippen molar-refractivity contribution < 1.29 is 4.79 Å². The second-order valence-electron chi connectivity index (χ2n) is 6.69. The Labute approximate surface area is 141 Å². The van der Waals surface area contributed by atoms with Crippen molar-refractivity contribution in [2.75, 3.05) is 32.7 Å². The van der Waals surface area contributed by atoms with Gasteiger partial charge < -0.3 is 9.80 Å². The van der Waals surface area contributed by atoms with Crippen LogP contribution in [0.3, 0.4) is 0 Å². The van der Waals surface area contributed by atoms with Crippen LogP contribution < -0.4 is 0 Å². The summed E-state index contributed by atoms with van der Waals surface area (Å²) < 4.78 is 1.58. The van der Waals surface area contributed by atoms with E-state index in [0.29, 0.717) is 0 Å². The molecule has 0 radical (unpaired) electrons. The Morgan fingerprint density at radius 3 is 2.62 bits per heavy atom. The first-order chi connectivity index (χ1) is 11.8. The summed E-state index contributed by atoms with van der Waals surface area (Å²) in [5.41, 5.74) is 1.57. The molecule has 0 bridgehead atoms. The zero-order valence-electron chi connectivity index (χ0n) is 13.7. The lowest BCUT2D eigenvalue weighted by atomic mass is 10.1. The Balaban J connectivity index is 1.39. The van der Waals surface area contributed by atoms with Gasteiger partial charge in [-0.1, -0.05) is 0 Å². The molecule has 1 saturated carbocycles. The Morgan fingerprint density at radius 1 is 1.08 bits per heavy atom. The van der Waals surface area contributed by atoms with Crippen LogP contribution in [-0.4, -0.2) is 68.6 Å². The first-order valence-corrected chi connectivity index (χ1v) is 8.64. The highest BCUT2D eigenvalue weighted by Crippen LogP contribution is 2.30. The van der Waals surface area contributed by atoms with E-state index < -0.39 is 0 Å². The molecule has 4 rings (SSSR count). The number of rotatable bonds is 4. The number of benzene rings is 1. The standard InChI is InChI=1S/C17H22N6O/c24-17(15-4-6-16(7-5-15)23-13-18-19-20-23)22-9-1-8-21(10-11-22)12-14-2-3-14/h4-7,13-14H,1-3,8-12H2. The number of hydrogen-bond acceptors (Lipinski definition) is 5. The summed E-state index contributed by atoms with van der Waals surface area (Å²) in [5.74, 6) is 1.03. The van der Waals surface area contributed by atoms with E-state index in [9.17, 15) is 4.79 Å². The third kappa shape index (κ3) is 3.46. The number of hydrogen-bond donors (Lipinski definition) is 0. The topological polar surface area (TPSA) is 67.2 Å². The zero-order chi connectivity index (χ0) is 16.4. The highest BCUT2D eigenvalue weighted by Gasteiger charge is 2.26. The van der Waals surface area contributed by atoms with Gasteiger partial charge in [0.15, 0.2) is 0 Å². The normalized spacial score (nSPS) is 19.2. The summed E-state index contributed by atoms with van der Waals surface area (Å²) in [5, 5.41) is 11.1. The van der Waals surface area contributed by atoms with Crippen LogP contribution in [0.2, 0.25) is 0 Å². The molecule has 24 heavy (non-hydrogen) atoms. The summed E-state index contributed by atoms with van der Waals surface area (Å²) in [6.45, 7) is 4.97. The van der Waals surface area contributed by atoms with E-state index >= 15 is 0 Å². The number of carbonyl (C=O) groups is 1. The van der Waals surface area contributed by atoms with Crippen LogP contribution in [-0.2, 0) is 0 Å². The molecule has 2 aliphatic rings. The van der Waals surface area contributed by atoms with Crippen LogP contribution in [0.1, 0.15) is 29.6 Å². The van der Waals surface area contributed by atoms with Gasteiger partial charge in [-0.05, 0) is 66.4 Å². The quantitative estimate of drug-likeness (QED) is 0.845. The second kappa shape index (κ2) is 6.68. The van der Waals surface area contributed by atoms with Gasteiger partial charge in [0.05, 0.1) is 5.69 Å². The average molecular weight is 326 g/mol. The van der Waals surface area contributed by atoms with Crippen molar-refractivity contribution in [3.63, 3.8) is 0 Å². The van der Waals surface area contributed by atoms with Crippen LogP contribution in [0.15, 0.2) is 30.6 Å². The van der Waals surface area contributed by atoms with E-state index in [1.54, 1.807) is 11.0 Å². The van der Waals surface area contributed by atoms with Crippen LogP contribution in [0, 0.1) is 5.92 Å². The maximum atomic E-state index is 12.8. The molecule has 0 unspecified atom stereocenters. The largest absolute Gasteiger partial charge is 0.337 e. The molecule has 0 atom stereocenters. The molecule has 1 aliphatic heterocycles. The van der Waals surface area contributed by atoms with Crippen molar-refractivity contribution >= 4 is 5.91 Å².